The SMILES string of the molecule is Cn1c2ccccc2c2cc(Cc3ccc4c(c3)c3cc5c(cc3n4C)-c3ccccc3C5(C)C)ccc21. The molecule has 184 valence electrons. The van der Waals surface area contributed by atoms with Gasteiger partial charge in [0.2, 0.25) is 0 Å². The maximum absolute atomic E-state index is 2.47. The molecule has 0 aliphatic heterocycles. The highest BCUT2D eigenvalue weighted by Crippen LogP contribution is 2.50. The first-order valence-corrected chi connectivity index (χ1v) is 13.5. The molecule has 0 bridgehead atoms. The number of hydrogen-bond acceptors (Lipinski definition) is 0. The average Bonchev–Trinajstić information content (AvgIpc) is 3.47. The van der Waals surface area contributed by atoms with Crippen molar-refractivity contribution in [2.24, 2.45) is 14.1 Å². The van der Waals surface area contributed by atoms with Crippen molar-refractivity contribution in [2.75, 3.05) is 0 Å². The molecule has 5 aromatic carbocycles. The zero-order chi connectivity index (χ0) is 25.8. The standard InChI is InChI=1S/C36H30N2/c1-36(2)30-11-7-5-9-24(30)26-21-35-29(20-31(26)36)28-19-23(14-16-34(28)38(35)4)17-22-13-15-33-27(18-22)25-10-6-8-12-32(25)37(33)3/h5-16,18-21H,17H2,1-4H3. The van der Waals surface area contributed by atoms with Gasteiger partial charge in [-0.3, -0.25) is 0 Å². The quantitative estimate of drug-likeness (QED) is 0.229. The molecule has 7 aromatic rings. The van der Waals surface area contributed by atoms with Crippen molar-refractivity contribution in [3.05, 3.63) is 119 Å². The normalized spacial score (nSPS) is 14.1. The third-order valence-corrected chi connectivity index (χ3v) is 9.16. The van der Waals surface area contributed by atoms with Crippen LogP contribution in [-0.4, -0.2) is 9.13 Å². The Kier molecular flexibility index (Phi) is 4.23. The van der Waals surface area contributed by atoms with E-state index in [-0.39, 0.29) is 5.41 Å². The molecule has 0 amide bonds. The fraction of sp³-hybridized carbons (Fsp3) is 0.167. The Morgan fingerprint density at radius 1 is 0.500 bits per heavy atom. The van der Waals surface area contributed by atoms with Gasteiger partial charge in [0, 0.05) is 63.1 Å². The number of benzene rings is 5. The Morgan fingerprint density at radius 2 is 1.08 bits per heavy atom. The summed E-state index contributed by atoms with van der Waals surface area (Å²) in [5.41, 5.74) is 13.5. The molecule has 2 aromatic heterocycles. The molecule has 2 heteroatoms. The summed E-state index contributed by atoms with van der Waals surface area (Å²) >= 11 is 0. The molecule has 0 saturated heterocycles. The molecule has 2 heterocycles. The van der Waals surface area contributed by atoms with Gasteiger partial charge in [-0.25, -0.2) is 0 Å². The molecular formula is C36H30N2. The predicted octanol–water partition coefficient (Wildman–Crippen LogP) is 8.87. The van der Waals surface area contributed by atoms with Crippen LogP contribution in [0.3, 0.4) is 0 Å². The van der Waals surface area contributed by atoms with Crippen LogP contribution in [0.5, 0.6) is 0 Å². The lowest BCUT2D eigenvalue weighted by Crippen LogP contribution is -2.14. The second-order valence-electron chi connectivity index (χ2n) is 11.6. The first-order chi connectivity index (χ1) is 18.4. The van der Waals surface area contributed by atoms with E-state index in [2.05, 4.69) is 134 Å². The minimum Gasteiger partial charge on any atom is -0.344 e. The average molecular weight is 491 g/mol. The Bertz CT molecular complexity index is 2100. The fourth-order valence-corrected chi connectivity index (χ4v) is 7.12. The summed E-state index contributed by atoms with van der Waals surface area (Å²) in [6.07, 6.45) is 0.924. The maximum Gasteiger partial charge on any atom is 0.0495 e. The Hall–Kier alpha value is -4.30. The van der Waals surface area contributed by atoms with Crippen molar-refractivity contribution in [1.82, 2.24) is 9.13 Å². The first kappa shape index (κ1) is 21.8. The van der Waals surface area contributed by atoms with Crippen molar-refractivity contribution in [3.8, 4) is 11.1 Å². The van der Waals surface area contributed by atoms with Crippen LogP contribution in [0, 0.1) is 0 Å². The van der Waals surface area contributed by atoms with E-state index in [1.165, 1.54) is 77.0 Å². The summed E-state index contributed by atoms with van der Waals surface area (Å²) in [4.78, 5) is 0. The molecular weight excluding hydrogens is 460 g/mol. The van der Waals surface area contributed by atoms with Gasteiger partial charge in [0.05, 0.1) is 0 Å². The Morgan fingerprint density at radius 3 is 1.84 bits per heavy atom. The van der Waals surface area contributed by atoms with Gasteiger partial charge in [-0.15, -0.1) is 0 Å². The molecule has 1 aliphatic rings. The van der Waals surface area contributed by atoms with Gasteiger partial charge in [0.25, 0.3) is 0 Å². The molecule has 1 aliphatic carbocycles. The molecule has 38 heavy (non-hydrogen) atoms. The van der Waals surface area contributed by atoms with E-state index < -0.39 is 0 Å². The van der Waals surface area contributed by atoms with E-state index in [1.807, 2.05) is 0 Å². The molecule has 0 fully saturated rings. The maximum atomic E-state index is 2.47. The van der Waals surface area contributed by atoms with E-state index >= 15 is 0 Å². The van der Waals surface area contributed by atoms with Crippen LogP contribution in [0.1, 0.15) is 36.1 Å². The summed E-state index contributed by atoms with van der Waals surface area (Å²) in [7, 11) is 4.37. The first-order valence-electron chi connectivity index (χ1n) is 13.5. The largest absolute Gasteiger partial charge is 0.344 e. The van der Waals surface area contributed by atoms with E-state index in [9.17, 15) is 0 Å². The van der Waals surface area contributed by atoms with Gasteiger partial charge in [-0.1, -0.05) is 68.4 Å². The number of nitrogens with zero attached hydrogens (tertiary/aromatic N) is 2. The molecule has 0 radical (unpaired) electrons. The van der Waals surface area contributed by atoms with Crippen LogP contribution in [0.25, 0.3) is 54.7 Å². The molecule has 0 saturated carbocycles. The minimum absolute atomic E-state index is 0.00770. The van der Waals surface area contributed by atoms with Gasteiger partial charge in [-0.05, 0) is 82.3 Å². The minimum atomic E-state index is 0.00770. The third-order valence-electron chi connectivity index (χ3n) is 9.16. The van der Waals surface area contributed by atoms with Crippen molar-refractivity contribution in [1.29, 1.82) is 0 Å². The lowest BCUT2D eigenvalue weighted by molar-refractivity contribution is 0.661. The van der Waals surface area contributed by atoms with Crippen LogP contribution >= 0.6 is 0 Å². The Labute approximate surface area is 222 Å². The van der Waals surface area contributed by atoms with Gasteiger partial charge in [0.15, 0.2) is 0 Å². The van der Waals surface area contributed by atoms with Crippen LogP contribution in [0.2, 0.25) is 0 Å². The van der Waals surface area contributed by atoms with Crippen molar-refractivity contribution in [2.45, 2.75) is 25.7 Å². The molecule has 0 N–H and O–H groups in total. The predicted molar refractivity (Wildman–Crippen MR) is 161 cm³/mol. The second-order valence-corrected chi connectivity index (χ2v) is 11.6. The van der Waals surface area contributed by atoms with Gasteiger partial charge in [0.1, 0.15) is 0 Å². The molecule has 0 atom stereocenters. The summed E-state index contributed by atoms with van der Waals surface area (Å²) in [5.74, 6) is 0. The number of aromatic nitrogens is 2. The lowest BCUT2D eigenvalue weighted by atomic mass is 9.82. The second kappa shape index (κ2) is 7.39. The lowest BCUT2D eigenvalue weighted by Gasteiger charge is -2.21. The third kappa shape index (κ3) is 2.78. The van der Waals surface area contributed by atoms with Crippen molar-refractivity contribution >= 4 is 43.6 Å². The van der Waals surface area contributed by atoms with E-state index in [4.69, 9.17) is 0 Å². The summed E-state index contributed by atoms with van der Waals surface area (Å²) in [5, 5.41) is 5.37. The van der Waals surface area contributed by atoms with Crippen LogP contribution in [0.4, 0.5) is 0 Å². The number of fused-ring (bicyclic) bond motifs is 9. The number of hydrogen-bond donors (Lipinski definition) is 0. The molecule has 0 spiro atoms. The molecule has 0 unspecified atom stereocenters. The Balaban J connectivity index is 1.27. The molecule has 2 nitrogen and oxygen atoms in total. The monoisotopic (exact) mass is 490 g/mol. The van der Waals surface area contributed by atoms with Gasteiger partial charge in [-0.2, -0.15) is 0 Å². The molecule has 8 rings (SSSR count). The van der Waals surface area contributed by atoms with Crippen LogP contribution in [-0.2, 0) is 25.9 Å². The highest BCUT2D eigenvalue weighted by Gasteiger charge is 2.35. The zero-order valence-electron chi connectivity index (χ0n) is 22.3. The van der Waals surface area contributed by atoms with Crippen molar-refractivity contribution < 1.29 is 0 Å². The summed E-state index contributed by atoms with van der Waals surface area (Å²) < 4.78 is 4.67. The summed E-state index contributed by atoms with van der Waals surface area (Å²) in [6, 6.07) is 36.5. The van der Waals surface area contributed by atoms with Gasteiger partial charge < -0.3 is 9.13 Å². The highest BCUT2D eigenvalue weighted by atomic mass is 14.9. The topological polar surface area (TPSA) is 9.86 Å². The van der Waals surface area contributed by atoms with E-state index in [0.29, 0.717) is 0 Å². The summed E-state index contributed by atoms with van der Waals surface area (Å²) in [6.45, 7) is 4.73. The number of aryl methyl sites for hydroxylation is 2. The van der Waals surface area contributed by atoms with Gasteiger partial charge >= 0.3 is 0 Å². The highest BCUT2D eigenvalue weighted by molar-refractivity contribution is 6.11. The number of para-hydroxylation sites is 1. The smallest absolute Gasteiger partial charge is 0.0495 e. The van der Waals surface area contributed by atoms with Crippen LogP contribution < -0.4 is 0 Å². The van der Waals surface area contributed by atoms with E-state index in [1.54, 1.807) is 0 Å². The van der Waals surface area contributed by atoms with Crippen LogP contribution in [0.15, 0.2) is 97.1 Å². The van der Waals surface area contributed by atoms with E-state index in [0.717, 1.165) is 6.42 Å². The number of rotatable bonds is 2. The zero-order valence-corrected chi connectivity index (χ0v) is 22.3. The fourth-order valence-electron chi connectivity index (χ4n) is 7.12. The van der Waals surface area contributed by atoms with Crippen molar-refractivity contribution in [3.63, 3.8) is 0 Å².